The van der Waals surface area contributed by atoms with E-state index < -0.39 is 18.0 Å². The standard InChI is InChI=1S/C15H16F4N4S/c16-9-5-10(23-4-3-20-7-12(23)15(17,18)19)13-11(6-9)24-22-14(21-13)8-1-2-8/h5-6,8,12,20H,1-4,7H2,(H,21,22)/t12-/m0/s1. The number of aliphatic imine (C=N–C) groups is 1. The van der Waals surface area contributed by atoms with Gasteiger partial charge in [-0.25, -0.2) is 9.38 Å². The Labute approximate surface area is 140 Å². The zero-order valence-corrected chi connectivity index (χ0v) is 13.5. The van der Waals surface area contributed by atoms with Crippen LogP contribution in [0.5, 0.6) is 0 Å². The maximum absolute atomic E-state index is 14.0. The number of alkyl halides is 3. The molecule has 0 radical (unpaired) electrons. The maximum atomic E-state index is 14.0. The molecule has 3 aliphatic rings. The summed E-state index contributed by atoms with van der Waals surface area (Å²) in [6.45, 7) is 0.369. The van der Waals surface area contributed by atoms with E-state index in [0.717, 1.165) is 18.7 Å². The highest BCUT2D eigenvalue weighted by molar-refractivity contribution is 7.98. The van der Waals surface area contributed by atoms with Gasteiger partial charge in [-0.05, 0) is 36.9 Å². The van der Waals surface area contributed by atoms with Crippen LogP contribution in [0.2, 0.25) is 0 Å². The highest BCUT2D eigenvalue weighted by Crippen LogP contribution is 2.45. The molecule has 1 aromatic carbocycles. The van der Waals surface area contributed by atoms with Gasteiger partial charge >= 0.3 is 6.18 Å². The summed E-state index contributed by atoms with van der Waals surface area (Å²) in [4.78, 5) is 6.29. The summed E-state index contributed by atoms with van der Waals surface area (Å²) in [7, 11) is 0. The van der Waals surface area contributed by atoms with Crippen molar-refractivity contribution in [1.29, 1.82) is 0 Å². The third-order valence-electron chi connectivity index (χ3n) is 4.41. The molecule has 9 heteroatoms. The normalized spacial score (nSPS) is 24.2. The second-order valence-corrected chi connectivity index (χ2v) is 7.05. The van der Waals surface area contributed by atoms with Gasteiger partial charge in [0.1, 0.15) is 23.4 Å². The molecule has 1 saturated heterocycles. The van der Waals surface area contributed by atoms with Gasteiger partial charge in [0.15, 0.2) is 0 Å². The zero-order chi connectivity index (χ0) is 16.9. The molecule has 0 bridgehead atoms. The highest BCUT2D eigenvalue weighted by atomic mass is 32.2. The van der Waals surface area contributed by atoms with Crippen LogP contribution < -0.4 is 14.9 Å². The van der Waals surface area contributed by atoms with Crippen molar-refractivity contribution >= 4 is 29.2 Å². The maximum Gasteiger partial charge on any atom is 0.409 e. The zero-order valence-electron chi connectivity index (χ0n) is 12.7. The van der Waals surface area contributed by atoms with Crippen LogP contribution in [0.1, 0.15) is 12.8 Å². The first-order valence-electron chi connectivity index (χ1n) is 7.82. The summed E-state index contributed by atoms with van der Waals surface area (Å²) in [5.41, 5.74) is 0.666. The molecule has 4 rings (SSSR count). The number of nitrogens with zero attached hydrogens (tertiary/aromatic N) is 2. The number of piperazine rings is 1. The molecule has 0 amide bonds. The Balaban J connectivity index is 1.78. The smallest absolute Gasteiger partial charge is 0.356 e. The lowest BCUT2D eigenvalue weighted by Crippen LogP contribution is -2.58. The molecule has 24 heavy (non-hydrogen) atoms. The van der Waals surface area contributed by atoms with Gasteiger partial charge < -0.3 is 14.9 Å². The minimum absolute atomic E-state index is 0.159. The van der Waals surface area contributed by atoms with E-state index in [-0.39, 0.29) is 18.8 Å². The number of rotatable bonds is 2. The first-order chi connectivity index (χ1) is 11.4. The predicted molar refractivity (Wildman–Crippen MR) is 85.3 cm³/mol. The van der Waals surface area contributed by atoms with E-state index in [0.29, 0.717) is 23.0 Å². The van der Waals surface area contributed by atoms with E-state index in [1.54, 1.807) is 0 Å². The van der Waals surface area contributed by atoms with E-state index in [2.05, 4.69) is 15.0 Å². The predicted octanol–water partition coefficient (Wildman–Crippen LogP) is 3.22. The van der Waals surface area contributed by atoms with Gasteiger partial charge in [-0.2, -0.15) is 13.2 Å². The number of fused-ring (bicyclic) bond motifs is 1. The van der Waals surface area contributed by atoms with Gasteiger partial charge in [-0.3, -0.25) is 0 Å². The summed E-state index contributed by atoms with van der Waals surface area (Å²) in [6.07, 6.45) is -2.34. The fourth-order valence-corrected chi connectivity index (χ4v) is 3.88. The van der Waals surface area contributed by atoms with Crippen molar-refractivity contribution in [2.75, 3.05) is 24.5 Å². The molecule has 4 nitrogen and oxygen atoms in total. The summed E-state index contributed by atoms with van der Waals surface area (Å²) < 4.78 is 57.3. The van der Waals surface area contributed by atoms with Gasteiger partial charge in [0, 0.05) is 25.6 Å². The number of hydrogen-bond donors (Lipinski definition) is 2. The summed E-state index contributed by atoms with van der Waals surface area (Å²) in [5, 5.41) is 2.76. The average Bonchev–Trinajstić information content (AvgIpc) is 3.38. The summed E-state index contributed by atoms with van der Waals surface area (Å²) in [6, 6.07) is 0.800. The molecule has 1 saturated carbocycles. The summed E-state index contributed by atoms with van der Waals surface area (Å²) in [5.74, 6) is 0.562. The molecule has 1 aromatic rings. The molecule has 0 spiro atoms. The Morgan fingerprint density at radius 2 is 2.04 bits per heavy atom. The monoisotopic (exact) mass is 360 g/mol. The second kappa shape index (κ2) is 5.80. The van der Waals surface area contributed by atoms with Crippen molar-refractivity contribution in [3.63, 3.8) is 0 Å². The highest BCUT2D eigenvalue weighted by Gasteiger charge is 2.45. The van der Waals surface area contributed by atoms with Crippen LogP contribution >= 0.6 is 11.9 Å². The SMILES string of the molecule is Fc1cc2c(c(N3CCNC[C@H]3C(F)(F)F)c1)N=C(C1CC1)NS2. The van der Waals surface area contributed by atoms with Crippen LogP contribution in [0.25, 0.3) is 0 Å². The molecular formula is C15H16F4N4S. The first-order valence-corrected chi connectivity index (χ1v) is 8.64. The van der Waals surface area contributed by atoms with Crippen LogP contribution in [-0.4, -0.2) is 37.7 Å². The van der Waals surface area contributed by atoms with Gasteiger partial charge in [-0.1, -0.05) is 0 Å². The lowest BCUT2D eigenvalue weighted by atomic mass is 10.1. The molecular weight excluding hydrogens is 344 g/mol. The van der Waals surface area contributed by atoms with E-state index in [4.69, 9.17) is 0 Å². The van der Waals surface area contributed by atoms with E-state index in [9.17, 15) is 17.6 Å². The second-order valence-electron chi connectivity index (χ2n) is 6.20. The number of anilines is 1. The number of amidine groups is 1. The van der Waals surface area contributed by atoms with Crippen LogP contribution in [-0.2, 0) is 0 Å². The van der Waals surface area contributed by atoms with Gasteiger partial charge in [0.05, 0.1) is 10.6 Å². The van der Waals surface area contributed by atoms with E-state index >= 15 is 0 Å². The quantitative estimate of drug-likeness (QED) is 0.628. The first kappa shape index (κ1) is 16.0. The fraction of sp³-hybridized carbons (Fsp3) is 0.533. The minimum Gasteiger partial charge on any atom is -0.356 e. The lowest BCUT2D eigenvalue weighted by Gasteiger charge is -2.39. The number of benzene rings is 1. The topological polar surface area (TPSA) is 39.7 Å². The third kappa shape index (κ3) is 2.95. The molecule has 1 atom stereocenters. The lowest BCUT2D eigenvalue weighted by molar-refractivity contribution is -0.149. The number of nitrogens with one attached hydrogen (secondary N) is 2. The molecule has 0 unspecified atom stereocenters. The third-order valence-corrected chi connectivity index (χ3v) is 5.25. The van der Waals surface area contributed by atoms with Crippen molar-refractivity contribution < 1.29 is 17.6 Å². The van der Waals surface area contributed by atoms with Crippen molar-refractivity contribution in [3.05, 3.63) is 17.9 Å². The van der Waals surface area contributed by atoms with Gasteiger partial charge in [0.25, 0.3) is 0 Å². The van der Waals surface area contributed by atoms with Gasteiger partial charge in [0.2, 0.25) is 0 Å². The molecule has 130 valence electrons. The van der Waals surface area contributed by atoms with Crippen molar-refractivity contribution in [2.24, 2.45) is 10.9 Å². The molecule has 1 aliphatic carbocycles. The molecule has 2 heterocycles. The molecule has 2 aliphatic heterocycles. The molecule has 0 aromatic heterocycles. The Morgan fingerprint density at radius 3 is 2.75 bits per heavy atom. The number of hydrogen-bond acceptors (Lipinski definition) is 5. The van der Waals surface area contributed by atoms with Crippen molar-refractivity contribution in [1.82, 2.24) is 10.0 Å². The Bertz CT molecular complexity index is 687. The minimum atomic E-state index is -4.39. The molecule has 2 fully saturated rings. The van der Waals surface area contributed by atoms with Crippen LogP contribution in [0.15, 0.2) is 22.0 Å². The Kier molecular flexibility index (Phi) is 3.87. The van der Waals surface area contributed by atoms with E-state index in [1.165, 1.54) is 29.0 Å². The Hall–Kier alpha value is -1.48. The largest absolute Gasteiger partial charge is 0.409 e. The van der Waals surface area contributed by atoms with Crippen molar-refractivity contribution in [3.8, 4) is 0 Å². The number of halogens is 4. The van der Waals surface area contributed by atoms with Crippen LogP contribution in [0.4, 0.5) is 28.9 Å². The fourth-order valence-electron chi connectivity index (χ4n) is 3.04. The Morgan fingerprint density at radius 1 is 1.25 bits per heavy atom. The van der Waals surface area contributed by atoms with Crippen LogP contribution in [0.3, 0.4) is 0 Å². The van der Waals surface area contributed by atoms with Crippen molar-refractivity contribution in [2.45, 2.75) is 30.0 Å². The average molecular weight is 360 g/mol. The summed E-state index contributed by atoms with van der Waals surface area (Å²) >= 11 is 1.22. The van der Waals surface area contributed by atoms with E-state index in [1.807, 2.05) is 0 Å². The van der Waals surface area contributed by atoms with Crippen LogP contribution in [0, 0.1) is 11.7 Å². The van der Waals surface area contributed by atoms with Gasteiger partial charge in [-0.15, -0.1) is 0 Å². The molecule has 2 N–H and O–H groups in total.